The van der Waals surface area contributed by atoms with Gasteiger partial charge in [0.15, 0.2) is 5.96 Å². The third-order valence-corrected chi connectivity index (χ3v) is 5.54. The highest BCUT2D eigenvalue weighted by atomic mass is 32.1. The highest BCUT2D eigenvalue weighted by molar-refractivity contribution is 7.11. The van der Waals surface area contributed by atoms with E-state index in [1.54, 1.807) is 11.3 Å². The van der Waals surface area contributed by atoms with Crippen LogP contribution in [0.4, 0.5) is 0 Å². The molecule has 0 aromatic carbocycles. The number of nitrogens with zero attached hydrogens (tertiary/aromatic N) is 3. The maximum absolute atomic E-state index is 12.4. The van der Waals surface area contributed by atoms with E-state index in [2.05, 4.69) is 27.5 Å². The molecule has 1 aromatic rings. The summed E-state index contributed by atoms with van der Waals surface area (Å²) in [6.07, 6.45) is 3.99. The number of aromatic nitrogens is 1. The Morgan fingerprint density at radius 3 is 2.80 bits per heavy atom. The van der Waals surface area contributed by atoms with Crippen molar-refractivity contribution in [3.8, 4) is 0 Å². The quantitative estimate of drug-likeness (QED) is 0.600. The van der Waals surface area contributed by atoms with Crippen LogP contribution in [0.1, 0.15) is 55.1 Å². The number of piperidine rings is 1. The molecule has 1 aliphatic rings. The molecule has 1 unspecified atom stereocenters. The van der Waals surface area contributed by atoms with Crippen LogP contribution in [0, 0.1) is 13.8 Å². The van der Waals surface area contributed by atoms with Gasteiger partial charge < -0.3 is 15.5 Å². The number of likely N-dealkylation sites (tertiary alicyclic amines) is 1. The summed E-state index contributed by atoms with van der Waals surface area (Å²) in [5.41, 5.74) is 1.05. The van der Waals surface area contributed by atoms with E-state index in [1.165, 1.54) is 11.3 Å². The van der Waals surface area contributed by atoms with Crippen molar-refractivity contribution < 1.29 is 4.79 Å². The van der Waals surface area contributed by atoms with E-state index < -0.39 is 0 Å². The van der Waals surface area contributed by atoms with Crippen molar-refractivity contribution in [3.63, 3.8) is 0 Å². The van der Waals surface area contributed by atoms with Crippen molar-refractivity contribution >= 4 is 23.2 Å². The molecule has 140 valence electrons. The molecule has 6 nitrogen and oxygen atoms in total. The Morgan fingerprint density at radius 2 is 2.16 bits per heavy atom. The van der Waals surface area contributed by atoms with E-state index in [4.69, 9.17) is 0 Å². The molecule has 1 atom stereocenters. The molecule has 1 fully saturated rings. The molecule has 1 aromatic heterocycles. The minimum Gasteiger partial charge on any atom is -0.357 e. The van der Waals surface area contributed by atoms with Gasteiger partial charge in [-0.25, -0.2) is 9.98 Å². The molecule has 0 spiro atoms. The summed E-state index contributed by atoms with van der Waals surface area (Å²) in [5.74, 6) is 0.997. The number of aliphatic imine (C=N–C) groups is 1. The van der Waals surface area contributed by atoms with Crippen molar-refractivity contribution in [2.75, 3.05) is 19.6 Å². The molecule has 7 heteroatoms. The first kappa shape index (κ1) is 19.7. The predicted octanol–water partition coefficient (Wildman–Crippen LogP) is 2.61. The van der Waals surface area contributed by atoms with Crippen LogP contribution in [0.2, 0.25) is 0 Å². The molecular weight excluding hydrogens is 334 g/mol. The number of aryl methyl sites for hydroxylation is 2. The lowest BCUT2D eigenvalue weighted by Gasteiger charge is -2.33. The van der Waals surface area contributed by atoms with E-state index in [1.807, 2.05) is 25.7 Å². The normalized spacial score (nSPS) is 18.3. The third-order valence-electron chi connectivity index (χ3n) is 4.48. The van der Waals surface area contributed by atoms with Gasteiger partial charge in [-0.2, -0.15) is 0 Å². The Hall–Kier alpha value is -1.63. The molecule has 0 aliphatic carbocycles. The minimum atomic E-state index is 0.240. The number of carbonyl (C=O) groups is 1. The summed E-state index contributed by atoms with van der Waals surface area (Å²) < 4.78 is 0. The van der Waals surface area contributed by atoms with Crippen LogP contribution in [-0.2, 0) is 11.3 Å². The lowest BCUT2D eigenvalue weighted by Crippen LogP contribution is -2.44. The SMILES string of the molecule is CCNC(=NCc1sc(C)nc1C)NCCC(=O)N1CCCCC1C. The molecule has 2 heterocycles. The van der Waals surface area contributed by atoms with Gasteiger partial charge in [0.25, 0.3) is 0 Å². The lowest BCUT2D eigenvalue weighted by atomic mass is 10.0. The largest absolute Gasteiger partial charge is 0.357 e. The second kappa shape index (κ2) is 9.75. The first-order valence-electron chi connectivity index (χ1n) is 9.25. The maximum Gasteiger partial charge on any atom is 0.224 e. The monoisotopic (exact) mass is 365 g/mol. The number of thiazole rings is 1. The number of nitrogens with one attached hydrogen (secondary N) is 2. The second-order valence-corrected chi connectivity index (χ2v) is 7.83. The number of carbonyl (C=O) groups excluding carboxylic acids is 1. The zero-order valence-electron chi connectivity index (χ0n) is 15.9. The molecule has 2 N–H and O–H groups in total. The van der Waals surface area contributed by atoms with Gasteiger partial charge in [-0.1, -0.05) is 0 Å². The van der Waals surface area contributed by atoms with Gasteiger partial charge in [-0.05, 0) is 47.0 Å². The van der Waals surface area contributed by atoms with Crippen molar-refractivity contribution in [1.29, 1.82) is 0 Å². The average molecular weight is 366 g/mol. The fourth-order valence-electron chi connectivity index (χ4n) is 3.11. The summed E-state index contributed by atoms with van der Waals surface area (Å²) in [4.78, 5) is 24.7. The summed E-state index contributed by atoms with van der Waals surface area (Å²) in [7, 11) is 0. The molecule has 25 heavy (non-hydrogen) atoms. The van der Waals surface area contributed by atoms with Gasteiger partial charge in [-0.15, -0.1) is 11.3 Å². The highest BCUT2D eigenvalue weighted by Gasteiger charge is 2.22. The summed E-state index contributed by atoms with van der Waals surface area (Å²) in [6, 6.07) is 0.376. The van der Waals surface area contributed by atoms with Crippen LogP contribution in [-0.4, -0.2) is 47.4 Å². The van der Waals surface area contributed by atoms with Crippen LogP contribution in [0.25, 0.3) is 0 Å². The molecule has 1 saturated heterocycles. The van der Waals surface area contributed by atoms with Crippen LogP contribution in [0.5, 0.6) is 0 Å². The zero-order valence-corrected chi connectivity index (χ0v) is 16.7. The molecular formula is C18H31N5OS. The van der Waals surface area contributed by atoms with Crippen molar-refractivity contribution in [1.82, 2.24) is 20.5 Å². The third kappa shape index (κ3) is 5.99. The standard InChI is InChI=1S/C18H31N5OS/c1-5-19-18(21-12-16-14(3)22-15(4)25-16)20-10-9-17(24)23-11-7-6-8-13(23)2/h13H,5-12H2,1-4H3,(H2,19,20,21). The second-order valence-electron chi connectivity index (χ2n) is 6.55. The number of hydrogen-bond donors (Lipinski definition) is 2. The zero-order chi connectivity index (χ0) is 18.2. The Morgan fingerprint density at radius 1 is 1.36 bits per heavy atom. The highest BCUT2D eigenvalue weighted by Crippen LogP contribution is 2.18. The number of amides is 1. The van der Waals surface area contributed by atoms with E-state index >= 15 is 0 Å². The Bertz CT molecular complexity index is 598. The fourth-order valence-corrected chi connectivity index (χ4v) is 3.97. The molecule has 0 bridgehead atoms. The van der Waals surface area contributed by atoms with Crippen molar-refractivity contribution in [2.45, 2.75) is 66.0 Å². The predicted molar refractivity (Wildman–Crippen MR) is 104 cm³/mol. The first-order valence-corrected chi connectivity index (χ1v) is 10.1. The van der Waals surface area contributed by atoms with E-state index in [-0.39, 0.29) is 5.91 Å². The van der Waals surface area contributed by atoms with Gasteiger partial charge in [0, 0.05) is 37.0 Å². The summed E-state index contributed by atoms with van der Waals surface area (Å²) >= 11 is 1.69. The topological polar surface area (TPSA) is 69.6 Å². The minimum absolute atomic E-state index is 0.240. The lowest BCUT2D eigenvalue weighted by molar-refractivity contribution is -0.134. The number of hydrogen-bond acceptors (Lipinski definition) is 4. The van der Waals surface area contributed by atoms with Crippen molar-refractivity contribution in [3.05, 3.63) is 15.6 Å². The average Bonchev–Trinajstić information content (AvgIpc) is 2.90. The molecule has 1 amide bonds. The molecule has 0 saturated carbocycles. The van der Waals surface area contributed by atoms with Crippen LogP contribution >= 0.6 is 11.3 Å². The van der Waals surface area contributed by atoms with E-state index in [0.29, 0.717) is 25.6 Å². The molecule has 0 radical (unpaired) electrons. The Kier molecular flexibility index (Phi) is 7.68. The van der Waals surface area contributed by atoms with Crippen molar-refractivity contribution in [2.24, 2.45) is 4.99 Å². The summed E-state index contributed by atoms with van der Waals surface area (Å²) in [5, 5.41) is 7.59. The molecule has 2 rings (SSSR count). The van der Waals surface area contributed by atoms with Gasteiger partial charge in [-0.3, -0.25) is 4.79 Å². The van der Waals surface area contributed by atoms with Crippen LogP contribution in [0.15, 0.2) is 4.99 Å². The van der Waals surface area contributed by atoms with Gasteiger partial charge in [0.05, 0.1) is 17.2 Å². The van der Waals surface area contributed by atoms with Crippen LogP contribution < -0.4 is 10.6 Å². The van der Waals surface area contributed by atoms with Gasteiger partial charge >= 0.3 is 0 Å². The maximum atomic E-state index is 12.4. The van der Waals surface area contributed by atoms with Gasteiger partial charge in [0.1, 0.15) is 0 Å². The number of guanidine groups is 1. The van der Waals surface area contributed by atoms with Crippen LogP contribution in [0.3, 0.4) is 0 Å². The fraction of sp³-hybridized carbons (Fsp3) is 0.722. The van der Waals surface area contributed by atoms with E-state index in [0.717, 1.165) is 42.6 Å². The van der Waals surface area contributed by atoms with Gasteiger partial charge in [0.2, 0.25) is 5.91 Å². The first-order chi connectivity index (χ1) is 12.0. The summed E-state index contributed by atoms with van der Waals surface area (Å²) in [6.45, 7) is 11.1. The Balaban J connectivity index is 1.83. The molecule has 1 aliphatic heterocycles. The van der Waals surface area contributed by atoms with E-state index in [9.17, 15) is 4.79 Å². The Labute approximate surface area is 155 Å². The number of rotatable bonds is 6. The smallest absolute Gasteiger partial charge is 0.224 e.